The lowest BCUT2D eigenvalue weighted by molar-refractivity contribution is -0.117. The number of amides is 1. The highest BCUT2D eigenvalue weighted by atomic mass is 16.5. The third-order valence-corrected chi connectivity index (χ3v) is 6.23. The molecule has 2 heterocycles. The van der Waals surface area contributed by atoms with Gasteiger partial charge < -0.3 is 15.2 Å². The zero-order chi connectivity index (χ0) is 19.0. The zero-order valence-electron chi connectivity index (χ0n) is 16.1. The Hall–Kier alpha value is -2.21. The monoisotopic (exact) mass is 368 g/mol. The number of carbonyl (C=O) groups is 1. The molecule has 6 nitrogen and oxygen atoms in total. The molecular weight excluding hydrogens is 340 g/mol. The first kappa shape index (κ1) is 18.2. The molecule has 0 radical (unpaired) electrons. The second-order valence-corrected chi connectivity index (χ2v) is 8.09. The van der Waals surface area contributed by atoms with Gasteiger partial charge in [0.05, 0.1) is 11.5 Å². The molecule has 1 aromatic heterocycles. The van der Waals surface area contributed by atoms with Gasteiger partial charge in [-0.2, -0.15) is 4.98 Å². The fourth-order valence-electron chi connectivity index (χ4n) is 4.31. The second-order valence-electron chi connectivity index (χ2n) is 8.09. The average molecular weight is 368 g/mol. The SMILES string of the molecule is CCC(C)c1ccccc1N1CC(c2nc(C3(N)CCCC3)no2)CC1=O. The van der Waals surface area contributed by atoms with E-state index in [2.05, 4.69) is 30.1 Å². The number of nitrogens with two attached hydrogens (primary N) is 1. The van der Waals surface area contributed by atoms with E-state index in [1.807, 2.05) is 23.1 Å². The molecule has 1 amide bonds. The van der Waals surface area contributed by atoms with Gasteiger partial charge in [0.15, 0.2) is 5.82 Å². The number of aromatic nitrogens is 2. The number of carbonyl (C=O) groups excluding carboxylic acids is 1. The molecular formula is C21H28N4O2. The molecule has 2 N–H and O–H groups in total. The van der Waals surface area contributed by atoms with Crippen LogP contribution < -0.4 is 10.6 Å². The minimum absolute atomic E-state index is 0.0752. The maximum Gasteiger partial charge on any atom is 0.232 e. The highest BCUT2D eigenvalue weighted by Gasteiger charge is 2.40. The number of rotatable bonds is 5. The summed E-state index contributed by atoms with van der Waals surface area (Å²) in [7, 11) is 0. The summed E-state index contributed by atoms with van der Waals surface area (Å²) in [5.41, 5.74) is 8.20. The van der Waals surface area contributed by atoms with Crippen LogP contribution in [0, 0.1) is 0 Å². The molecule has 144 valence electrons. The van der Waals surface area contributed by atoms with Crippen molar-refractivity contribution in [1.29, 1.82) is 0 Å². The van der Waals surface area contributed by atoms with Gasteiger partial charge in [0, 0.05) is 18.7 Å². The molecule has 27 heavy (non-hydrogen) atoms. The van der Waals surface area contributed by atoms with Crippen molar-refractivity contribution in [2.75, 3.05) is 11.4 Å². The van der Waals surface area contributed by atoms with Crippen LogP contribution in [0.15, 0.2) is 28.8 Å². The van der Waals surface area contributed by atoms with Gasteiger partial charge >= 0.3 is 0 Å². The van der Waals surface area contributed by atoms with E-state index in [0.717, 1.165) is 37.8 Å². The first-order valence-electron chi connectivity index (χ1n) is 10.0. The summed E-state index contributed by atoms with van der Waals surface area (Å²) >= 11 is 0. The molecule has 0 bridgehead atoms. The third-order valence-electron chi connectivity index (χ3n) is 6.23. The van der Waals surface area contributed by atoms with E-state index in [1.54, 1.807) is 0 Å². The van der Waals surface area contributed by atoms with Crippen LogP contribution in [0.3, 0.4) is 0 Å². The van der Waals surface area contributed by atoms with Gasteiger partial charge in [-0.15, -0.1) is 0 Å². The minimum atomic E-state index is -0.465. The lowest BCUT2D eigenvalue weighted by Gasteiger charge is -2.22. The van der Waals surface area contributed by atoms with Crippen LogP contribution in [-0.2, 0) is 10.3 Å². The van der Waals surface area contributed by atoms with Gasteiger partial charge in [-0.25, -0.2) is 0 Å². The molecule has 6 heteroatoms. The summed E-state index contributed by atoms with van der Waals surface area (Å²) in [4.78, 5) is 19.2. The van der Waals surface area contributed by atoms with Crippen LogP contribution in [-0.4, -0.2) is 22.6 Å². The first-order valence-corrected chi connectivity index (χ1v) is 10.0. The summed E-state index contributed by atoms with van der Waals surface area (Å²) in [5.74, 6) is 1.58. The lowest BCUT2D eigenvalue weighted by atomic mass is 9.96. The number of benzene rings is 1. The average Bonchev–Trinajstić information content (AvgIpc) is 3.41. The van der Waals surface area contributed by atoms with Crippen LogP contribution >= 0.6 is 0 Å². The maximum atomic E-state index is 12.8. The number of anilines is 1. The maximum absolute atomic E-state index is 12.8. The van der Waals surface area contributed by atoms with E-state index in [4.69, 9.17) is 10.3 Å². The molecule has 1 saturated heterocycles. The summed E-state index contributed by atoms with van der Waals surface area (Å²) < 4.78 is 5.54. The fourth-order valence-corrected chi connectivity index (χ4v) is 4.31. The summed E-state index contributed by atoms with van der Waals surface area (Å²) in [6.45, 7) is 4.94. The minimum Gasteiger partial charge on any atom is -0.339 e. The van der Waals surface area contributed by atoms with E-state index < -0.39 is 5.54 Å². The van der Waals surface area contributed by atoms with E-state index in [0.29, 0.717) is 30.6 Å². The number of para-hydroxylation sites is 1. The van der Waals surface area contributed by atoms with Gasteiger partial charge in [0.2, 0.25) is 11.8 Å². The van der Waals surface area contributed by atoms with Crippen molar-refractivity contribution in [3.05, 3.63) is 41.5 Å². The quantitative estimate of drug-likeness (QED) is 0.867. The molecule has 4 rings (SSSR count). The van der Waals surface area contributed by atoms with Crippen molar-refractivity contribution >= 4 is 11.6 Å². The Kier molecular flexibility index (Phi) is 4.76. The van der Waals surface area contributed by atoms with Gasteiger partial charge in [-0.05, 0) is 36.8 Å². The molecule has 1 aromatic carbocycles. The molecule has 1 saturated carbocycles. The summed E-state index contributed by atoms with van der Waals surface area (Å²) in [6.07, 6.45) is 5.42. The number of hydrogen-bond donors (Lipinski definition) is 1. The molecule has 2 unspecified atom stereocenters. The van der Waals surface area contributed by atoms with Crippen molar-refractivity contribution in [2.45, 2.75) is 69.7 Å². The van der Waals surface area contributed by atoms with E-state index in [1.165, 1.54) is 5.56 Å². The van der Waals surface area contributed by atoms with Crippen LogP contribution in [0.2, 0.25) is 0 Å². The second kappa shape index (κ2) is 7.08. The van der Waals surface area contributed by atoms with Gasteiger partial charge in [0.1, 0.15) is 0 Å². The summed E-state index contributed by atoms with van der Waals surface area (Å²) in [6, 6.07) is 8.18. The topological polar surface area (TPSA) is 85.2 Å². The van der Waals surface area contributed by atoms with Crippen molar-refractivity contribution in [2.24, 2.45) is 5.73 Å². The number of hydrogen-bond acceptors (Lipinski definition) is 5. The Balaban J connectivity index is 1.56. The van der Waals surface area contributed by atoms with Crippen molar-refractivity contribution in [3.8, 4) is 0 Å². The highest BCUT2D eigenvalue weighted by Crippen LogP contribution is 2.38. The molecule has 2 aliphatic rings. The standard InChI is InChI=1S/C21H28N4O2/c1-3-14(2)16-8-4-5-9-17(16)25-13-15(12-18(25)26)19-23-20(24-27-19)21(22)10-6-7-11-21/h4-5,8-9,14-15H,3,6-7,10-13,22H2,1-2H3. The Morgan fingerprint density at radius 1 is 1.33 bits per heavy atom. The summed E-state index contributed by atoms with van der Waals surface area (Å²) in [5, 5.41) is 4.16. The van der Waals surface area contributed by atoms with Crippen molar-refractivity contribution in [1.82, 2.24) is 10.1 Å². The predicted molar refractivity (Wildman–Crippen MR) is 103 cm³/mol. The Morgan fingerprint density at radius 2 is 2.07 bits per heavy atom. The normalized spacial score (nSPS) is 23.1. The van der Waals surface area contributed by atoms with Crippen LogP contribution in [0.25, 0.3) is 0 Å². The lowest BCUT2D eigenvalue weighted by Crippen LogP contribution is -2.34. The molecule has 1 aliphatic carbocycles. The van der Waals surface area contributed by atoms with Gasteiger partial charge in [0.25, 0.3) is 0 Å². The molecule has 2 aromatic rings. The molecule has 0 spiro atoms. The molecule has 2 atom stereocenters. The molecule has 1 aliphatic heterocycles. The Labute approximate surface area is 160 Å². The van der Waals surface area contributed by atoms with Crippen molar-refractivity contribution < 1.29 is 9.32 Å². The smallest absolute Gasteiger partial charge is 0.232 e. The van der Waals surface area contributed by atoms with E-state index in [-0.39, 0.29) is 11.8 Å². The molecule has 2 fully saturated rings. The van der Waals surface area contributed by atoms with Gasteiger partial charge in [-0.3, -0.25) is 4.79 Å². The van der Waals surface area contributed by atoms with Crippen molar-refractivity contribution in [3.63, 3.8) is 0 Å². The predicted octanol–water partition coefficient (Wildman–Crippen LogP) is 3.83. The Morgan fingerprint density at radius 3 is 2.81 bits per heavy atom. The zero-order valence-corrected chi connectivity index (χ0v) is 16.1. The first-order chi connectivity index (χ1) is 13.0. The van der Waals surface area contributed by atoms with Gasteiger partial charge in [-0.1, -0.05) is 50.0 Å². The van der Waals surface area contributed by atoms with Crippen LogP contribution in [0.1, 0.15) is 81.5 Å². The van der Waals surface area contributed by atoms with E-state index in [9.17, 15) is 4.79 Å². The number of nitrogens with zero attached hydrogens (tertiary/aromatic N) is 3. The van der Waals surface area contributed by atoms with E-state index >= 15 is 0 Å². The Bertz CT molecular complexity index is 825. The van der Waals surface area contributed by atoms with Crippen LogP contribution in [0.5, 0.6) is 0 Å². The highest BCUT2D eigenvalue weighted by molar-refractivity contribution is 5.97. The largest absolute Gasteiger partial charge is 0.339 e. The third kappa shape index (κ3) is 3.27. The fraction of sp³-hybridized carbons (Fsp3) is 0.571. The van der Waals surface area contributed by atoms with Crippen LogP contribution in [0.4, 0.5) is 5.69 Å².